The van der Waals surface area contributed by atoms with E-state index in [4.69, 9.17) is 4.74 Å². The Hall–Kier alpha value is -4.32. The van der Waals surface area contributed by atoms with Crippen molar-refractivity contribution in [3.05, 3.63) is 125 Å². The van der Waals surface area contributed by atoms with E-state index in [2.05, 4.69) is 49.6 Å². The summed E-state index contributed by atoms with van der Waals surface area (Å²) in [5.74, 6) is 1.07. The van der Waals surface area contributed by atoms with Crippen LogP contribution in [0.15, 0.2) is 97.2 Å². The van der Waals surface area contributed by atoms with Crippen LogP contribution < -0.4 is 4.74 Å². The quantitative estimate of drug-likeness (QED) is 0.114. The fourth-order valence-corrected chi connectivity index (χ4v) is 5.45. The number of hydrogen-bond donors (Lipinski definition) is 0. The molecule has 6 nitrogen and oxygen atoms in total. The molecule has 0 saturated carbocycles. The Bertz CT molecular complexity index is 1480. The lowest BCUT2D eigenvalue weighted by molar-refractivity contribution is -0.133. The summed E-state index contributed by atoms with van der Waals surface area (Å²) >= 11 is 0. The van der Waals surface area contributed by atoms with Gasteiger partial charge >= 0.3 is 0 Å². The predicted octanol–water partition coefficient (Wildman–Crippen LogP) is 8.00. The first-order valence-electron chi connectivity index (χ1n) is 16.3. The average molecular weight is 608 g/mol. The number of ether oxygens (including phenoxy) is 1. The van der Waals surface area contributed by atoms with Crippen LogP contribution in [0.25, 0.3) is 0 Å². The van der Waals surface area contributed by atoms with Crippen LogP contribution in [0.4, 0.5) is 0 Å². The van der Waals surface area contributed by atoms with Crippen molar-refractivity contribution in [2.45, 2.75) is 72.5 Å². The second-order valence-electron chi connectivity index (χ2n) is 12.3. The van der Waals surface area contributed by atoms with Crippen molar-refractivity contribution in [1.82, 2.24) is 14.4 Å². The van der Waals surface area contributed by atoms with E-state index in [1.807, 2.05) is 77.8 Å². The first-order valence-corrected chi connectivity index (χ1v) is 16.3. The lowest BCUT2D eigenvalue weighted by atomic mass is 10.0. The van der Waals surface area contributed by atoms with Crippen LogP contribution in [-0.4, -0.2) is 46.4 Å². The van der Waals surface area contributed by atoms with E-state index >= 15 is 0 Å². The summed E-state index contributed by atoms with van der Waals surface area (Å²) in [6.45, 7) is 8.63. The van der Waals surface area contributed by atoms with Gasteiger partial charge in [0.25, 0.3) is 5.91 Å². The summed E-state index contributed by atoms with van der Waals surface area (Å²) in [4.78, 5) is 31.5. The summed E-state index contributed by atoms with van der Waals surface area (Å²) < 4.78 is 7.59. The third-order valence-corrected chi connectivity index (χ3v) is 8.19. The molecule has 4 aromatic rings. The number of benzene rings is 3. The number of unbranched alkanes of at least 4 members (excludes halogenated alkanes) is 2. The zero-order chi connectivity index (χ0) is 32.0. The maximum atomic E-state index is 14.1. The first-order chi connectivity index (χ1) is 21.9. The maximum absolute atomic E-state index is 14.1. The summed E-state index contributed by atoms with van der Waals surface area (Å²) in [7, 11) is 1.67. The summed E-state index contributed by atoms with van der Waals surface area (Å²) in [6.07, 6.45) is 7.44. The number of methoxy groups -OCH3 is 1. The van der Waals surface area contributed by atoms with Gasteiger partial charge in [-0.2, -0.15) is 0 Å². The number of carbonyl (C=O) groups excluding carboxylic acids is 2. The molecule has 1 aromatic heterocycles. The molecule has 0 saturated heterocycles. The van der Waals surface area contributed by atoms with Gasteiger partial charge in [-0.1, -0.05) is 88.2 Å². The molecule has 0 atom stereocenters. The highest BCUT2D eigenvalue weighted by atomic mass is 16.5. The molecule has 0 unspecified atom stereocenters. The van der Waals surface area contributed by atoms with E-state index in [0.29, 0.717) is 37.7 Å². The van der Waals surface area contributed by atoms with Gasteiger partial charge in [0.2, 0.25) is 5.91 Å². The Kier molecular flexibility index (Phi) is 12.9. The lowest BCUT2D eigenvalue weighted by Crippen LogP contribution is -2.43. The number of rotatable bonds is 17. The largest absolute Gasteiger partial charge is 0.497 e. The van der Waals surface area contributed by atoms with Gasteiger partial charge in [-0.05, 0) is 78.3 Å². The number of amides is 2. The normalized spacial score (nSPS) is 11.0. The molecule has 0 spiro atoms. The Labute approximate surface area is 269 Å². The standard InChI is InChI=1S/C39H49N3O3/c1-5-6-8-13-32-19-21-35(22-20-32)39(44)41(25-23-31(2)3)30-38(43)42(27-33-14-9-7-10-15-33)29-36-17-12-24-40(36)28-34-16-11-18-37(26-34)45-4/h7,9-12,14-22,24,26,31H,5-6,8,13,23,25,27-30H2,1-4H3. The lowest BCUT2D eigenvalue weighted by Gasteiger charge is -2.29. The highest BCUT2D eigenvalue weighted by Gasteiger charge is 2.24. The summed E-state index contributed by atoms with van der Waals surface area (Å²) in [5, 5.41) is 0. The number of aryl methyl sites for hydroxylation is 1. The first kappa shape index (κ1) is 33.6. The molecular formula is C39H49N3O3. The van der Waals surface area contributed by atoms with Gasteiger partial charge in [0.1, 0.15) is 12.3 Å². The Balaban J connectivity index is 1.54. The number of nitrogens with zero attached hydrogens (tertiary/aromatic N) is 3. The van der Waals surface area contributed by atoms with Crippen molar-refractivity contribution < 1.29 is 14.3 Å². The SMILES string of the molecule is CCCCCc1ccc(C(=O)N(CCC(C)C)CC(=O)N(Cc2ccccc2)Cc2cccn2Cc2cccc(OC)c2)cc1. The van der Waals surface area contributed by atoms with Crippen LogP contribution in [0.2, 0.25) is 0 Å². The third kappa shape index (κ3) is 10.4. The van der Waals surface area contributed by atoms with Gasteiger partial charge in [-0.25, -0.2) is 0 Å². The van der Waals surface area contributed by atoms with Gasteiger partial charge in [-0.3, -0.25) is 9.59 Å². The van der Waals surface area contributed by atoms with E-state index in [0.717, 1.165) is 41.8 Å². The van der Waals surface area contributed by atoms with Gasteiger partial charge in [0.05, 0.1) is 13.7 Å². The summed E-state index contributed by atoms with van der Waals surface area (Å²) in [5.41, 5.74) is 5.08. The molecule has 0 N–H and O–H groups in total. The summed E-state index contributed by atoms with van der Waals surface area (Å²) in [6, 6.07) is 30.1. The Morgan fingerprint density at radius 1 is 0.800 bits per heavy atom. The molecule has 0 bridgehead atoms. The maximum Gasteiger partial charge on any atom is 0.254 e. The number of aromatic nitrogens is 1. The molecule has 2 amide bonds. The highest BCUT2D eigenvalue weighted by molar-refractivity contribution is 5.96. The molecule has 6 heteroatoms. The smallest absolute Gasteiger partial charge is 0.254 e. The van der Waals surface area contributed by atoms with Gasteiger partial charge < -0.3 is 19.1 Å². The number of carbonyl (C=O) groups is 2. The van der Waals surface area contributed by atoms with Gasteiger partial charge in [0, 0.05) is 37.1 Å². The minimum atomic E-state index is -0.0924. The minimum Gasteiger partial charge on any atom is -0.497 e. The van der Waals surface area contributed by atoms with Gasteiger partial charge in [0.15, 0.2) is 0 Å². The van der Waals surface area contributed by atoms with Crippen molar-refractivity contribution in [2.75, 3.05) is 20.2 Å². The average Bonchev–Trinajstić information content (AvgIpc) is 3.49. The van der Waals surface area contributed by atoms with Crippen LogP contribution in [0.5, 0.6) is 5.75 Å². The molecule has 1 heterocycles. The molecule has 238 valence electrons. The van der Waals surface area contributed by atoms with E-state index in [1.165, 1.54) is 18.4 Å². The highest BCUT2D eigenvalue weighted by Crippen LogP contribution is 2.18. The molecule has 0 aliphatic rings. The fourth-order valence-electron chi connectivity index (χ4n) is 5.45. The Morgan fingerprint density at radius 2 is 1.56 bits per heavy atom. The van der Waals surface area contributed by atoms with Crippen molar-refractivity contribution in [1.29, 1.82) is 0 Å². The molecule has 0 aliphatic carbocycles. The fraction of sp³-hybridized carbons (Fsp3) is 0.385. The third-order valence-electron chi connectivity index (χ3n) is 8.19. The van der Waals surface area contributed by atoms with Crippen LogP contribution in [-0.2, 0) is 30.8 Å². The predicted molar refractivity (Wildman–Crippen MR) is 182 cm³/mol. The van der Waals surface area contributed by atoms with Crippen molar-refractivity contribution >= 4 is 11.8 Å². The van der Waals surface area contributed by atoms with E-state index in [9.17, 15) is 9.59 Å². The zero-order valence-electron chi connectivity index (χ0n) is 27.5. The molecule has 45 heavy (non-hydrogen) atoms. The van der Waals surface area contributed by atoms with E-state index < -0.39 is 0 Å². The van der Waals surface area contributed by atoms with Crippen molar-refractivity contribution in [3.63, 3.8) is 0 Å². The minimum absolute atomic E-state index is 0.0350. The molecule has 0 aliphatic heterocycles. The molecular weight excluding hydrogens is 558 g/mol. The van der Waals surface area contributed by atoms with Crippen LogP contribution in [0.3, 0.4) is 0 Å². The second-order valence-corrected chi connectivity index (χ2v) is 12.3. The van der Waals surface area contributed by atoms with Gasteiger partial charge in [-0.15, -0.1) is 0 Å². The van der Waals surface area contributed by atoms with Crippen molar-refractivity contribution in [2.24, 2.45) is 5.92 Å². The van der Waals surface area contributed by atoms with Crippen LogP contribution in [0.1, 0.15) is 79.2 Å². The van der Waals surface area contributed by atoms with E-state index in [1.54, 1.807) is 12.0 Å². The molecule has 0 radical (unpaired) electrons. The Morgan fingerprint density at radius 3 is 2.27 bits per heavy atom. The number of hydrogen-bond acceptors (Lipinski definition) is 3. The topological polar surface area (TPSA) is 54.8 Å². The second kappa shape index (κ2) is 17.2. The van der Waals surface area contributed by atoms with Crippen LogP contribution in [0, 0.1) is 5.92 Å². The monoisotopic (exact) mass is 607 g/mol. The zero-order valence-corrected chi connectivity index (χ0v) is 27.5. The van der Waals surface area contributed by atoms with Crippen molar-refractivity contribution in [3.8, 4) is 5.75 Å². The van der Waals surface area contributed by atoms with E-state index in [-0.39, 0.29) is 18.4 Å². The molecule has 3 aromatic carbocycles. The molecule has 0 fully saturated rings. The molecule has 4 rings (SSSR count). The van der Waals surface area contributed by atoms with Crippen LogP contribution >= 0.6 is 0 Å².